The van der Waals surface area contributed by atoms with Crippen molar-refractivity contribution in [1.82, 2.24) is 0 Å². The van der Waals surface area contributed by atoms with Crippen LogP contribution < -0.4 is 11.1 Å². The zero-order valence-corrected chi connectivity index (χ0v) is 13.6. The molecule has 1 amide bonds. The van der Waals surface area contributed by atoms with Gasteiger partial charge in [0, 0.05) is 9.37 Å². The molecule has 0 spiro atoms. The van der Waals surface area contributed by atoms with E-state index in [9.17, 15) is 4.79 Å². The molecule has 3 N–H and O–H groups in total. The van der Waals surface area contributed by atoms with Crippen LogP contribution in [0.1, 0.15) is 15.9 Å². The van der Waals surface area contributed by atoms with Gasteiger partial charge < -0.3 is 11.1 Å². The Kier molecular flexibility index (Phi) is 4.73. The van der Waals surface area contributed by atoms with E-state index in [1.807, 2.05) is 43.5 Å². The third-order valence-electron chi connectivity index (χ3n) is 2.86. The summed E-state index contributed by atoms with van der Waals surface area (Å²) in [7, 11) is 0. The van der Waals surface area contributed by atoms with E-state index in [0.717, 1.165) is 14.9 Å². The zero-order chi connectivity index (χ0) is 14.7. The minimum atomic E-state index is -0.161. The molecule has 104 valence electrons. The van der Waals surface area contributed by atoms with Gasteiger partial charge in [0.05, 0.1) is 16.9 Å². The largest absolute Gasteiger partial charge is 0.397 e. The fourth-order valence-electron chi connectivity index (χ4n) is 1.91. The molecule has 0 aliphatic rings. The summed E-state index contributed by atoms with van der Waals surface area (Å²) in [4.78, 5) is 13.3. The molecule has 0 saturated heterocycles. The highest BCUT2D eigenvalue weighted by Gasteiger charge is 2.14. The molecule has 2 aromatic rings. The maximum absolute atomic E-state index is 12.4. The Morgan fingerprint density at radius 3 is 2.65 bits per heavy atom. The Morgan fingerprint density at radius 1 is 1.30 bits per heavy atom. The predicted molar refractivity (Wildman–Crippen MR) is 89.5 cm³/mol. The molecule has 20 heavy (non-hydrogen) atoms. The lowest BCUT2D eigenvalue weighted by molar-refractivity contribution is 0.102. The first-order chi connectivity index (χ1) is 9.52. The van der Waals surface area contributed by atoms with Crippen LogP contribution in [0.3, 0.4) is 0 Å². The maximum Gasteiger partial charge on any atom is 0.256 e. The molecule has 3 nitrogen and oxygen atoms in total. The first kappa shape index (κ1) is 14.9. The van der Waals surface area contributed by atoms with Gasteiger partial charge in [-0.05, 0) is 58.9 Å². The van der Waals surface area contributed by atoms with Gasteiger partial charge >= 0.3 is 0 Å². The van der Waals surface area contributed by atoms with Gasteiger partial charge in [0.2, 0.25) is 0 Å². The lowest BCUT2D eigenvalue weighted by Crippen LogP contribution is -2.14. The fraction of sp³-hybridized carbons (Fsp3) is 0.133. The summed E-state index contributed by atoms with van der Waals surface area (Å²) in [5, 5.41) is 2.87. The van der Waals surface area contributed by atoms with E-state index in [1.165, 1.54) is 0 Å². The van der Waals surface area contributed by atoms with Crippen molar-refractivity contribution in [3.8, 4) is 0 Å². The van der Waals surface area contributed by atoms with Crippen molar-refractivity contribution >= 4 is 45.0 Å². The second kappa shape index (κ2) is 6.33. The molecular weight excluding hydrogens is 336 g/mol. The van der Waals surface area contributed by atoms with Crippen molar-refractivity contribution in [2.75, 3.05) is 17.3 Å². The van der Waals surface area contributed by atoms with E-state index >= 15 is 0 Å². The molecular formula is C15H15BrN2OS. The summed E-state index contributed by atoms with van der Waals surface area (Å²) in [6, 6.07) is 11.3. The number of amides is 1. The molecule has 0 aliphatic carbocycles. The number of nitrogen functional groups attached to an aromatic ring is 1. The smallest absolute Gasteiger partial charge is 0.256 e. The molecule has 0 aromatic heterocycles. The number of carbonyl (C=O) groups is 1. The number of rotatable bonds is 3. The molecule has 0 radical (unpaired) electrons. The highest BCUT2D eigenvalue weighted by atomic mass is 79.9. The van der Waals surface area contributed by atoms with E-state index < -0.39 is 0 Å². The zero-order valence-electron chi connectivity index (χ0n) is 11.2. The first-order valence-electron chi connectivity index (χ1n) is 6.03. The predicted octanol–water partition coefficient (Wildman–Crippen LogP) is 4.31. The number of anilines is 2. The van der Waals surface area contributed by atoms with Crippen LogP contribution in [0.5, 0.6) is 0 Å². The number of benzene rings is 2. The first-order valence-corrected chi connectivity index (χ1v) is 8.04. The molecule has 0 aliphatic heterocycles. The Hall–Kier alpha value is -1.46. The van der Waals surface area contributed by atoms with Gasteiger partial charge in [0.1, 0.15) is 0 Å². The SMILES string of the molecule is CSc1ccccc1C(=O)Nc1c(N)cc(C)cc1Br. The number of nitrogens with two attached hydrogens (primary N) is 1. The van der Waals surface area contributed by atoms with Crippen molar-refractivity contribution in [2.45, 2.75) is 11.8 Å². The number of thioether (sulfide) groups is 1. The van der Waals surface area contributed by atoms with Crippen LogP contribution >= 0.6 is 27.7 Å². The standard InChI is InChI=1S/C15H15BrN2OS/c1-9-7-11(16)14(12(17)8-9)18-15(19)10-5-3-4-6-13(10)20-2/h3-8H,17H2,1-2H3,(H,18,19). The van der Waals surface area contributed by atoms with Gasteiger partial charge in [0.25, 0.3) is 5.91 Å². The number of aryl methyl sites for hydroxylation is 1. The quantitative estimate of drug-likeness (QED) is 0.640. The Morgan fingerprint density at radius 2 is 2.00 bits per heavy atom. The van der Waals surface area contributed by atoms with Crippen LogP contribution in [-0.2, 0) is 0 Å². The van der Waals surface area contributed by atoms with Gasteiger partial charge in [0.15, 0.2) is 0 Å². The summed E-state index contributed by atoms with van der Waals surface area (Å²) in [5.74, 6) is -0.161. The summed E-state index contributed by atoms with van der Waals surface area (Å²) in [5.41, 5.74) is 8.81. The van der Waals surface area contributed by atoms with Crippen molar-refractivity contribution in [3.63, 3.8) is 0 Å². The van der Waals surface area contributed by atoms with Crippen LogP contribution in [0.15, 0.2) is 45.8 Å². The number of hydrogen-bond donors (Lipinski definition) is 2. The molecule has 0 atom stereocenters. The monoisotopic (exact) mass is 350 g/mol. The Labute approximate surface area is 131 Å². The Balaban J connectivity index is 2.33. The average molecular weight is 351 g/mol. The normalized spacial score (nSPS) is 10.3. The Bertz CT molecular complexity index is 635. The molecule has 0 unspecified atom stereocenters. The highest BCUT2D eigenvalue weighted by molar-refractivity contribution is 9.10. The third kappa shape index (κ3) is 3.16. The topological polar surface area (TPSA) is 55.1 Å². The highest BCUT2D eigenvalue weighted by Crippen LogP contribution is 2.31. The van der Waals surface area contributed by atoms with Crippen molar-refractivity contribution in [1.29, 1.82) is 0 Å². The van der Waals surface area contributed by atoms with Crippen molar-refractivity contribution in [2.24, 2.45) is 0 Å². The second-order valence-electron chi connectivity index (χ2n) is 4.37. The van der Waals surface area contributed by atoms with E-state index in [4.69, 9.17) is 5.73 Å². The van der Waals surface area contributed by atoms with Gasteiger partial charge in [-0.25, -0.2) is 0 Å². The lowest BCUT2D eigenvalue weighted by Gasteiger charge is -2.13. The van der Waals surface area contributed by atoms with E-state index in [0.29, 0.717) is 16.9 Å². The van der Waals surface area contributed by atoms with E-state index in [2.05, 4.69) is 21.2 Å². The average Bonchev–Trinajstić information content (AvgIpc) is 2.42. The fourth-order valence-corrected chi connectivity index (χ4v) is 3.20. The molecule has 0 bridgehead atoms. The van der Waals surface area contributed by atoms with Crippen molar-refractivity contribution < 1.29 is 4.79 Å². The molecule has 5 heteroatoms. The van der Waals surface area contributed by atoms with Crippen molar-refractivity contribution in [3.05, 3.63) is 52.0 Å². The molecule has 0 heterocycles. The second-order valence-corrected chi connectivity index (χ2v) is 6.07. The number of nitrogens with one attached hydrogen (secondary N) is 1. The summed E-state index contributed by atoms with van der Waals surface area (Å²) < 4.78 is 0.782. The summed E-state index contributed by atoms with van der Waals surface area (Å²) in [6.45, 7) is 1.95. The number of halogens is 1. The minimum Gasteiger partial charge on any atom is -0.397 e. The van der Waals surface area contributed by atoms with Crippen LogP contribution in [0.25, 0.3) is 0 Å². The van der Waals surface area contributed by atoms with Crippen LogP contribution in [-0.4, -0.2) is 12.2 Å². The summed E-state index contributed by atoms with van der Waals surface area (Å²) in [6.07, 6.45) is 1.95. The van der Waals surface area contributed by atoms with Gasteiger partial charge in [-0.3, -0.25) is 4.79 Å². The van der Waals surface area contributed by atoms with Gasteiger partial charge in [-0.2, -0.15) is 0 Å². The van der Waals surface area contributed by atoms with Gasteiger partial charge in [-0.1, -0.05) is 12.1 Å². The van der Waals surface area contributed by atoms with E-state index in [-0.39, 0.29) is 5.91 Å². The number of hydrogen-bond acceptors (Lipinski definition) is 3. The molecule has 0 saturated carbocycles. The molecule has 2 rings (SSSR count). The van der Waals surface area contributed by atoms with Crippen LogP contribution in [0, 0.1) is 6.92 Å². The van der Waals surface area contributed by atoms with Crippen LogP contribution in [0.4, 0.5) is 11.4 Å². The van der Waals surface area contributed by atoms with E-state index in [1.54, 1.807) is 17.8 Å². The third-order valence-corrected chi connectivity index (χ3v) is 4.28. The van der Waals surface area contributed by atoms with Crippen LogP contribution in [0.2, 0.25) is 0 Å². The minimum absolute atomic E-state index is 0.161. The summed E-state index contributed by atoms with van der Waals surface area (Å²) >= 11 is 4.98. The lowest BCUT2D eigenvalue weighted by atomic mass is 10.1. The van der Waals surface area contributed by atoms with Gasteiger partial charge in [-0.15, -0.1) is 11.8 Å². The maximum atomic E-state index is 12.4. The molecule has 2 aromatic carbocycles. The molecule has 0 fully saturated rings. The number of carbonyl (C=O) groups excluding carboxylic acids is 1.